The normalized spacial score (nSPS) is 18.0. The summed E-state index contributed by atoms with van der Waals surface area (Å²) in [5.74, 6) is -0.668. The van der Waals surface area contributed by atoms with Crippen LogP contribution in [0.4, 0.5) is 17.6 Å². The molecule has 0 fully saturated rings. The molecule has 1 heterocycles. The van der Waals surface area contributed by atoms with Crippen molar-refractivity contribution in [3.63, 3.8) is 0 Å². The average molecular weight is 349 g/mol. The van der Waals surface area contributed by atoms with Crippen molar-refractivity contribution in [1.82, 2.24) is 4.90 Å². The molecule has 0 spiro atoms. The first-order chi connectivity index (χ1) is 11.6. The minimum Gasteiger partial charge on any atom is -0.351 e. The lowest BCUT2D eigenvalue weighted by Crippen LogP contribution is -2.49. The van der Waals surface area contributed by atoms with Crippen LogP contribution in [-0.4, -0.2) is 16.6 Å². The van der Waals surface area contributed by atoms with E-state index < -0.39 is 23.6 Å². The molecule has 1 unspecified atom stereocenters. The van der Waals surface area contributed by atoms with Crippen LogP contribution in [0.1, 0.15) is 43.5 Å². The Labute approximate surface area is 144 Å². The van der Waals surface area contributed by atoms with Crippen LogP contribution < -0.4 is 0 Å². The Morgan fingerprint density at radius 3 is 2.12 bits per heavy atom. The van der Waals surface area contributed by atoms with Gasteiger partial charge < -0.3 is 4.90 Å². The van der Waals surface area contributed by atoms with Crippen LogP contribution in [0.25, 0.3) is 11.8 Å². The molecule has 0 radical (unpaired) electrons. The minimum absolute atomic E-state index is 0.0536. The van der Waals surface area contributed by atoms with Crippen LogP contribution in [0.3, 0.4) is 0 Å². The van der Waals surface area contributed by atoms with Gasteiger partial charge in [-0.1, -0.05) is 36.4 Å². The number of nitrogens with zero attached hydrogens (tertiary/aromatic N) is 1. The molecule has 0 aromatic heterocycles. The van der Waals surface area contributed by atoms with Crippen LogP contribution in [0.2, 0.25) is 0 Å². The third kappa shape index (κ3) is 3.28. The quantitative estimate of drug-likeness (QED) is 0.567. The van der Waals surface area contributed by atoms with Crippen molar-refractivity contribution in [3.8, 4) is 0 Å². The number of rotatable bonds is 1. The van der Waals surface area contributed by atoms with E-state index in [9.17, 15) is 17.6 Å². The van der Waals surface area contributed by atoms with Crippen molar-refractivity contribution in [2.45, 2.75) is 38.5 Å². The second-order valence-electron chi connectivity index (χ2n) is 7.15. The molecule has 0 saturated heterocycles. The van der Waals surface area contributed by atoms with E-state index in [0.29, 0.717) is 16.8 Å². The molecular weight excluding hydrogens is 330 g/mol. The summed E-state index contributed by atoms with van der Waals surface area (Å²) in [5.41, 5.74) is 0.702. The molecule has 0 bridgehead atoms. The summed E-state index contributed by atoms with van der Waals surface area (Å²) in [6.07, 6.45) is -2.83. The van der Waals surface area contributed by atoms with Crippen LogP contribution >= 0.6 is 0 Å². The first kappa shape index (κ1) is 17.5. The van der Waals surface area contributed by atoms with Crippen molar-refractivity contribution < 1.29 is 17.6 Å². The molecule has 2 aromatic carbocycles. The molecule has 5 heteroatoms. The van der Waals surface area contributed by atoms with Gasteiger partial charge in [0, 0.05) is 11.2 Å². The highest BCUT2D eigenvalue weighted by Gasteiger charge is 2.51. The fourth-order valence-corrected chi connectivity index (χ4v) is 3.31. The maximum atomic E-state index is 14.0. The van der Waals surface area contributed by atoms with Gasteiger partial charge in [-0.25, -0.2) is 4.39 Å². The maximum absolute atomic E-state index is 14.0. The van der Waals surface area contributed by atoms with Gasteiger partial charge in [0.05, 0.1) is 0 Å². The Bertz CT molecular complexity index is 801. The number of fused-ring (bicyclic) bond motifs is 1. The molecule has 1 nitrogen and oxygen atoms in total. The molecule has 1 aliphatic rings. The lowest BCUT2D eigenvalue weighted by molar-refractivity contribution is -0.187. The summed E-state index contributed by atoms with van der Waals surface area (Å²) >= 11 is 0. The van der Waals surface area contributed by atoms with Crippen LogP contribution in [0.5, 0.6) is 0 Å². The van der Waals surface area contributed by atoms with Gasteiger partial charge in [-0.15, -0.1) is 0 Å². The van der Waals surface area contributed by atoms with Gasteiger partial charge in [0.15, 0.2) is 6.04 Å². The Morgan fingerprint density at radius 1 is 0.920 bits per heavy atom. The molecule has 1 atom stereocenters. The van der Waals surface area contributed by atoms with Gasteiger partial charge in [0.1, 0.15) is 5.82 Å². The largest absolute Gasteiger partial charge is 0.413 e. The van der Waals surface area contributed by atoms with Gasteiger partial charge in [-0.05, 0) is 55.7 Å². The van der Waals surface area contributed by atoms with Crippen molar-refractivity contribution in [1.29, 1.82) is 0 Å². The minimum atomic E-state index is -4.54. The predicted octanol–water partition coefficient (Wildman–Crippen LogP) is 6.04. The smallest absolute Gasteiger partial charge is 0.351 e. The second kappa shape index (κ2) is 5.90. The summed E-state index contributed by atoms with van der Waals surface area (Å²) in [6, 6.07) is 10.7. The van der Waals surface area contributed by atoms with E-state index in [1.54, 1.807) is 51.1 Å². The number of hydrogen-bond acceptors (Lipinski definition) is 1. The first-order valence-corrected chi connectivity index (χ1v) is 8.01. The monoisotopic (exact) mass is 349 g/mol. The highest BCUT2D eigenvalue weighted by molar-refractivity contribution is 5.84. The standard InChI is InChI=1S/C20H19F4N/c1-19(2,3)25-17(13-7-5-4-6-8-13)11-14-9-10-15(21)12-16(14)18(25)20(22,23)24/h4-12,18H,1-3H3. The molecule has 0 saturated carbocycles. The van der Waals surface area contributed by atoms with Crippen molar-refractivity contribution >= 4 is 11.8 Å². The molecule has 0 N–H and O–H groups in total. The summed E-state index contributed by atoms with van der Waals surface area (Å²) < 4.78 is 55.8. The van der Waals surface area contributed by atoms with E-state index in [1.165, 1.54) is 17.0 Å². The average Bonchev–Trinajstić information content (AvgIpc) is 2.52. The fourth-order valence-electron chi connectivity index (χ4n) is 3.31. The maximum Gasteiger partial charge on any atom is 0.413 e. The van der Waals surface area contributed by atoms with Crippen molar-refractivity contribution in [2.24, 2.45) is 0 Å². The number of alkyl halides is 3. The molecule has 2 aromatic rings. The number of hydrogen-bond donors (Lipinski definition) is 0. The fraction of sp³-hybridized carbons (Fsp3) is 0.300. The molecule has 0 aliphatic carbocycles. The third-order valence-corrected chi connectivity index (χ3v) is 4.26. The van der Waals surface area contributed by atoms with Gasteiger partial charge in [-0.3, -0.25) is 0 Å². The van der Waals surface area contributed by atoms with E-state index in [2.05, 4.69) is 0 Å². The number of halogens is 4. The van der Waals surface area contributed by atoms with Crippen LogP contribution in [-0.2, 0) is 0 Å². The SMILES string of the molecule is CC(C)(C)N1C(c2ccccc2)=Cc2ccc(F)cc2C1C(F)(F)F. The first-order valence-electron chi connectivity index (χ1n) is 8.01. The van der Waals surface area contributed by atoms with E-state index in [4.69, 9.17) is 0 Å². The lowest BCUT2D eigenvalue weighted by atomic mass is 9.87. The van der Waals surface area contributed by atoms with Crippen LogP contribution in [0, 0.1) is 5.82 Å². The zero-order chi connectivity index (χ0) is 18.4. The Balaban J connectivity index is 2.31. The van der Waals surface area contributed by atoms with Gasteiger partial charge >= 0.3 is 6.18 Å². The van der Waals surface area contributed by atoms with E-state index in [1.807, 2.05) is 6.07 Å². The third-order valence-electron chi connectivity index (χ3n) is 4.26. The van der Waals surface area contributed by atoms with Crippen molar-refractivity contribution in [2.75, 3.05) is 0 Å². The topological polar surface area (TPSA) is 3.24 Å². The summed E-state index contributed by atoms with van der Waals surface area (Å²) in [7, 11) is 0. The zero-order valence-electron chi connectivity index (χ0n) is 14.2. The lowest BCUT2D eigenvalue weighted by Gasteiger charge is -2.48. The summed E-state index contributed by atoms with van der Waals surface area (Å²) in [6.45, 7) is 5.19. The molecular formula is C20H19F4N. The highest BCUT2D eigenvalue weighted by Crippen LogP contribution is 2.50. The second-order valence-corrected chi connectivity index (χ2v) is 7.15. The molecule has 25 heavy (non-hydrogen) atoms. The van der Waals surface area contributed by atoms with Crippen molar-refractivity contribution in [3.05, 3.63) is 71.0 Å². The zero-order valence-corrected chi connectivity index (χ0v) is 14.2. The number of benzene rings is 2. The van der Waals surface area contributed by atoms with Crippen LogP contribution in [0.15, 0.2) is 48.5 Å². The van der Waals surface area contributed by atoms with Gasteiger partial charge in [0.25, 0.3) is 0 Å². The Hall–Kier alpha value is -2.30. The van der Waals surface area contributed by atoms with Gasteiger partial charge in [-0.2, -0.15) is 13.2 Å². The molecule has 132 valence electrons. The molecule has 0 amide bonds. The Morgan fingerprint density at radius 2 is 1.56 bits per heavy atom. The van der Waals surface area contributed by atoms with E-state index in [0.717, 1.165) is 6.07 Å². The van der Waals surface area contributed by atoms with E-state index in [-0.39, 0.29) is 5.56 Å². The molecule has 1 aliphatic heterocycles. The highest BCUT2D eigenvalue weighted by atomic mass is 19.4. The predicted molar refractivity (Wildman–Crippen MR) is 91.1 cm³/mol. The summed E-state index contributed by atoms with van der Waals surface area (Å²) in [5, 5.41) is 0. The van der Waals surface area contributed by atoms with E-state index >= 15 is 0 Å². The van der Waals surface area contributed by atoms with Gasteiger partial charge in [0.2, 0.25) is 0 Å². The Kier molecular flexibility index (Phi) is 4.13. The molecule has 3 rings (SSSR count). The summed E-state index contributed by atoms with van der Waals surface area (Å²) in [4.78, 5) is 1.34.